The predicted octanol–water partition coefficient (Wildman–Crippen LogP) is 4.16. The topological polar surface area (TPSA) is 3.24 Å². The van der Waals surface area contributed by atoms with Crippen molar-refractivity contribution in [1.82, 2.24) is 0 Å². The highest BCUT2D eigenvalue weighted by atomic mass is 35.5. The van der Waals surface area contributed by atoms with Gasteiger partial charge in [-0.1, -0.05) is 6.92 Å². The molecule has 0 bridgehead atoms. The van der Waals surface area contributed by atoms with Crippen molar-refractivity contribution < 1.29 is 13.2 Å². The minimum absolute atomic E-state index is 0.163. The molecule has 0 amide bonds. The Morgan fingerprint density at radius 1 is 1.22 bits per heavy atom. The molecule has 1 saturated heterocycles. The first-order chi connectivity index (χ1) is 8.38. The molecule has 2 atom stereocenters. The summed E-state index contributed by atoms with van der Waals surface area (Å²) in [5.41, 5.74) is 0.227. The number of alkyl halides is 4. The minimum atomic E-state index is -4.27. The largest absolute Gasteiger partial charge is 0.416 e. The van der Waals surface area contributed by atoms with Gasteiger partial charge >= 0.3 is 6.18 Å². The quantitative estimate of drug-likeness (QED) is 0.697. The molecule has 5 heteroatoms. The number of anilines is 1. The highest BCUT2D eigenvalue weighted by Gasteiger charge is 2.30. The summed E-state index contributed by atoms with van der Waals surface area (Å²) in [4.78, 5) is 2.09. The molecule has 0 aliphatic carbocycles. The molecule has 1 fully saturated rings. The van der Waals surface area contributed by atoms with Gasteiger partial charge in [0.15, 0.2) is 0 Å². The van der Waals surface area contributed by atoms with Crippen molar-refractivity contribution in [2.45, 2.75) is 24.9 Å². The van der Waals surface area contributed by atoms with Gasteiger partial charge in [0.05, 0.1) is 5.56 Å². The first kappa shape index (κ1) is 13.5. The van der Waals surface area contributed by atoms with E-state index in [1.165, 1.54) is 12.1 Å². The third-order valence-corrected chi connectivity index (χ3v) is 4.01. The van der Waals surface area contributed by atoms with Crippen LogP contribution in [-0.4, -0.2) is 18.5 Å². The van der Waals surface area contributed by atoms with Gasteiger partial charge < -0.3 is 4.90 Å². The first-order valence-corrected chi connectivity index (χ1v) is 6.38. The maximum atomic E-state index is 12.4. The van der Waals surface area contributed by atoms with Gasteiger partial charge in [-0.25, -0.2) is 0 Å². The molecule has 1 aromatic carbocycles. The number of benzene rings is 1. The van der Waals surface area contributed by atoms with E-state index in [9.17, 15) is 13.2 Å². The Kier molecular flexibility index (Phi) is 3.76. The predicted molar refractivity (Wildman–Crippen MR) is 67.1 cm³/mol. The molecule has 18 heavy (non-hydrogen) atoms. The summed E-state index contributed by atoms with van der Waals surface area (Å²) in [5.74, 6) is 0.350. The molecule has 0 radical (unpaired) electrons. The van der Waals surface area contributed by atoms with Crippen LogP contribution in [0.2, 0.25) is 0 Å². The first-order valence-electron chi connectivity index (χ1n) is 5.94. The van der Waals surface area contributed by atoms with Gasteiger partial charge in [-0.2, -0.15) is 13.2 Å². The molecule has 0 aromatic heterocycles. The Bertz CT molecular complexity index is 402. The van der Waals surface area contributed by atoms with E-state index in [1.54, 1.807) is 0 Å². The van der Waals surface area contributed by atoms with Crippen LogP contribution in [-0.2, 0) is 6.18 Å². The fourth-order valence-corrected chi connectivity index (χ4v) is 2.39. The zero-order valence-electron chi connectivity index (χ0n) is 10.0. The molecule has 1 aromatic rings. The van der Waals surface area contributed by atoms with E-state index in [0.717, 1.165) is 37.3 Å². The van der Waals surface area contributed by atoms with E-state index in [0.29, 0.717) is 5.92 Å². The second-order valence-corrected chi connectivity index (χ2v) is 5.33. The highest BCUT2D eigenvalue weighted by Crippen LogP contribution is 2.32. The van der Waals surface area contributed by atoms with Gasteiger partial charge in [0.2, 0.25) is 0 Å². The molecule has 2 unspecified atom stereocenters. The standard InChI is InChI=1S/C13H15ClF3N/c1-9-8-18(7-6-12(9)14)11-4-2-10(3-5-11)13(15,16)17/h2-5,9,12H,6-8H2,1H3. The van der Waals surface area contributed by atoms with Gasteiger partial charge in [0.25, 0.3) is 0 Å². The van der Waals surface area contributed by atoms with Crippen LogP contribution in [0.4, 0.5) is 18.9 Å². The van der Waals surface area contributed by atoms with Crippen LogP contribution < -0.4 is 4.90 Å². The molecule has 0 saturated carbocycles. The second-order valence-electron chi connectivity index (χ2n) is 4.77. The van der Waals surface area contributed by atoms with Gasteiger partial charge in [-0.05, 0) is 36.6 Å². The van der Waals surface area contributed by atoms with Crippen molar-refractivity contribution in [2.24, 2.45) is 5.92 Å². The maximum Gasteiger partial charge on any atom is 0.416 e. The molecule has 1 heterocycles. The average Bonchev–Trinajstić information content (AvgIpc) is 2.32. The smallest absolute Gasteiger partial charge is 0.371 e. The zero-order valence-corrected chi connectivity index (χ0v) is 10.8. The van der Waals surface area contributed by atoms with E-state index in [-0.39, 0.29) is 5.38 Å². The van der Waals surface area contributed by atoms with Gasteiger partial charge in [-0.3, -0.25) is 0 Å². The lowest BCUT2D eigenvalue weighted by atomic mass is 9.99. The lowest BCUT2D eigenvalue weighted by Gasteiger charge is -2.35. The van der Waals surface area contributed by atoms with E-state index in [1.807, 2.05) is 0 Å². The van der Waals surface area contributed by atoms with Crippen molar-refractivity contribution >= 4 is 17.3 Å². The van der Waals surface area contributed by atoms with Gasteiger partial charge in [0, 0.05) is 24.2 Å². The van der Waals surface area contributed by atoms with Gasteiger partial charge in [0.1, 0.15) is 0 Å². The molecule has 1 aliphatic heterocycles. The number of hydrogen-bond acceptors (Lipinski definition) is 1. The summed E-state index contributed by atoms with van der Waals surface area (Å²) >= 11 is 6.13. The molecule has 0 N–H and O–H groups in total. The Balaban J connectivity index is 2.11. The fourth-order valence-electron chi connectivity index (χ4n) is 2.21. The third-order valence-electron chi connectivity index (χ3n) is 3.36. The molecular weight excluding hydrogens is 263 g/mol. The number of nitrogens with zero attached hydrogens (tertiary/aromatic N) is 1. The maximum absolute atomic E-state index is 12.4. The summed E-state index contributed by atoms with van der Waals surface area (Å²) in [6.45, 7) is 3.65. The number of rotatable bonds is 1. The summed E-state index contributed by atoms with van der Waals surface area (Å²) in [6.07, 6.45) is -3.40. The monoisotopic (exact) mass is 277 g/mol. The van der Waals surface area contributed by atoms with Crippen LogP contribution in [0.3, 0.4) is 0 Å². The number of piperidine rings is 1. The Hall–Kier alpha value is -0.900. The van der Waals surface area contributed by atoms with Crippen molar-refractivity contribution in [3.8, 4) is 0 Å². The number of hydrogen-bond donors (Lipinski definition) is 0. The SMILES string of the molecule is CC1CN(c2ccc(C(F)(F)F)cc2)CCC1Cl. The second kappa shape index (κ2) is 5.00. The summed E-state index contributed by atoms with van der Waals surface area (Å²) in [7, 11) is 0. The van der Waals surface area contributed by atoms with E-state index in [4.69, 9.17) is 11.6 Å². The summed E-state index contributed by atoms with van der Waals surface area (Å²) < 4.78 is 37.3. The van der Waals surface area contributed by atoms with Crippen molar-refractivity contribution in [2.75, 3.05) is 18.0 Å². The summed E-state index contributed by atoms with van der Waals surface area (Å²) in [5, 5.41) is 0.163. The Labute approximate surface area is 110 Å². The van der Waals surface area contributed by atoms with Crippen LogP contribution in [0.5, 0.6) is 0 Å². The van der Waals surface area contributed by atoms with Crippen LogP contribution in [0.25, 0.3) is 0 Å². The Morgan fingerprint density at radius 3 is 2.33 bits per heavy atom. The molecule has 1 aliphatic rings. The molecule has 0 spiro atoms. The average molecular weight is 278 g/mol. The normalized spacial score (nSPS) is 25.3. The number of halogens is 4. The van der Waals surface area contributed by atoms with Crippen LogP contribution in [0.1, 0.15) is 18.9 Å². The van der Waals surface area contributed by atoms with E-state index >= 15 is 0 Å². The fraction of sp³-hybridized carbons (Fsp3) is 0.538. The van der Waals surface area contributed by atoms with Crippen LogP contribution >= 0.6 is 11.6 Å². The minimum Gasteiger partial charge on any atom is -0.371 e. The van der Waals surface area contributed by atoms with Crippen molar-refractivity contribution in [1.29, 1.82) is 0 Å². The Morgan fingerprint density at radius 2 is 1.83 bits per heavy atom. The zero-order chi connectivity index (χ0) is 13.3. The van der Waals surface area contributed by atoms with Crippen molar-refractivity contribution in [3.63, 3.8) is 0 Å². The van der Waals surface area contributed by atoms with Crippen molar-refractivity contribution in [3.05, 3.63) is 29.8 Å². The molecule has 2 rings (SSSR count). The summed E-state index contributed by atoms with van der Waals surface area (Å²) in [6, 6.07) is 5.33. The van der Waals surface area contributed by atoms with Crippen LogP contribution in [0.15, 0.2) is 24.3 Å². The molecular formula is C13H15ClF3N. The molecule has 100 valence electrons. The molecule has 1 nitrogen and oxygen atoms in total. The van der Waals surface area contributed by atoms with Crippen LogP contribution in [0, 0.1) is 5.92 Å². The van der Waals surface area contributed by atoms with Gasteiger partial charge in [-0.15, -0.1) is 11.6 Å². The lowest BCUT2D eigenvalue weighted by molar-refractivity contribution is -0.137. The lowest BCUT2D eigenvalue weighted by Crippen LogP contribution is -2.39. The third kappa shape index (κ3) is 2.91. The van der Waals surface area contributed by atoms with E-state index in [2.05, 4.69) is 11.8 Å². The highest BCUT2D eigenvalue weighted by molar-refractivity contribution is 6.20. The van der Waals surface area contributed by atoms with E-state index < -0.39 is 11.7 Å².